The van der Waals surface area contributed by atoms with Crippen molar-refractivity contribution in [2.75, 3.05) is 34.4 Å². The van der Waals surface area contributed by atoms with Crippen molar-refractivity contribution in [2.45, 2.75) is 50.9 Å². The average molecular weight is 258 g/mol. The number of methoxy groups -OCH3 is 2. The van der Waals surface area contributed by atoms with Crippen LogP contribution in [0, 0.1) is 5.92 Å². The van der Waals surface area contributed by atoms with E-state index in [9.17, 15) is 0 Å². The normalized spacial score (nSPS) is 20.8. The van der Waals surface area contributed by atoms with Crippen LogP contribution in [0.1, 0.15) is 39.0 Å². The van der Waals surface area contributed by atoms with Crippen LogP contribution in [0.25, 0.3) is 0 Å². The summed E-state index contributed by atoms with van der Waals surface area (Å²) in [5.74, 6) is 0.837. The minimum Gasteiger partial charge on any atom is -0.356 e. The van der Waals surface area contributed by atoms with Gasteiger partial charge in [-0.25, -0.2) is 0 Å². The lowest BCUT2D eigenvalue weighted by Crippen LogP contribution is -2.53. The van der Waals surface area contributed by atoms with Crippen molar-refractivity contribution in [3.05, 3.63) is 0 Å². The third-order valence-corrected chi connectivity index (χ3v) is 4.50. The van der Waals surface area contributed by atoms with Crippen molar-refractivity contribution in [1.82, 2.24) is 4.90 Å². The van der Waals surface area contributed by atoms with Crippen molar-refractivity contribution in [3.8, 4) is 0 Å². The zero-order valence-electron chi connectivity index (χ0n) is 12.4. The van der Waals surface area contributed by atoms with E-state index in [0.29, 0.717) is 6.54 Å². The molecule has 2 N–H and O–H groups in total. The summed E-state index contributed by atoms with van der Waals surface area (Å²) in [6.07, 6.45) is 6.13. The number of ether oxygens (including phenoxy) is 2. The largest absolute Gasteiger partial charge is 0.356 e. The molecule has 4 nitrogen and oxygen atoms in total. The first kappa shape index (κ1) is 15.9. The van der Waals surface area contributed by atoms with Gasteiger partial charge in [0.1, 0.15) is 0 Å². The molecule has 0 heterocycles. The molecule has 1 unspecified atom stereocenters. The lowest BCUT2D eigenvalue weighted by Gasteiger charge is -2.41. The van der Waals surface area contributed by atoms with Crippen molar-refractivity contribution in [3.63, 3.8) is 0 Å². The van der Waals surface area contributed by atoms with Crippen LogP contribution < -0.4 is 5.73 Å². The van der Waals surface area contributed by atoms with Gasteiger partial charge in [-0.2, -0.15) is 0 Å². The molecule has 1 saturated carbocycles. The zero-order chi connectivity index (χ0) is 13.6. The molecule has 1 aliphatic carbocycles. The number of nitrogens with two attached hydrogens (primary N) is 1. The number of rotatable bonds is 8. The lowest BCUT2D eigenvalue weighted by atomic mass is 9.93. The Labute approximate surface area is 112 Å². The third kappa shape index (κ3) is 4.19. The van der Waals surface area contributed by atoms with Crippen molar-refractivity contribution < 1.29 is 9.47 Å². The molecule has 0 radical (unpaired) electrons. The van der Waals surface area contributed by atoms with Crippen LogP contribution in [0.3, 0.4) is 0 Å². The maximum Gasteiger partial charge on any atom is 0.158 e. The van der Waals surface area contributed by atoms with Gasteiger partial charge in [-0.05, 0) is 32.7 Å². The van der Waals surface area contributed by atoms with E-state index < -0.39 is 0 Å². The second kappa shape index (κ2) is 7.43. The van der Waals surface area contributed by atoms with Gasteiger partial charge in [-0.3, -0.25) is 4.90 Å². The number of nitrogens with zero attached hydrogens (tertiary/aromatic N) is 1. The van der Waals surface area contributed by atoms with Gasteiger partial charge in [0, 0.05) is 39.3 Å². The van der Waals surface area contributed by atoms with Crippen LogP contribution in [0.4, 0.5) is 0 Å². The first-order chi connectivity index (χ1) is 8.55. The van der Waals surface area contributed by atoms with Crippen molar-refractivity contribution in [2.24, 2.45) is 11.7 Å². The highest BCUT2D eigenvalue weighted by Crippen LogP contribution is 2.28. The van der Waals surface area contributed by atoms with Gasteiger partial charge in [0.2, 0.25) is 0 Å². The Morgan fingerprint density at radius 2 is 1.83 bits per heavy atom. The molecule has 108 valence electrons. The second-order valence-electron chi connectivity index (χ2n) is 5.84. The Bertz CT molecular complexity index is 228. The minimum atomic E-state index is -0.176. The molecule has 0 saturated heterocycles. The molecular formula is C14H30N2O2. The fourth-order valence-corrected chi connectivity index (χ4v) is 2.82. The van der Waals surface area contributed by atoms with E-state index in [0.717, 1.165) is 18.9 Å². The third-order valence-electron chi connectivity index (χ3n) is 4.50. The van der Waals surface area contributed by atoms with Crippen LogP contribution >= 0.6 is 0 Å². The van der Waals surface area contributed by atoms with Crippen LogP contribution in [-0.2, 0) is 9.47 Å². The van der Waals surface area contributed by atoms with E-state index in [4.69, 9.17) is 15.2 Å². The fraction of sp³-hybridized carbons (Fsp3) is 1.00. The molecule has 1 atom stereocenters. The molecular weight excluding hydrogens is 228 g/mol. The molecule has 0 aromatic rings. The van der Waals surface area contributed by atoms with E-state index >= 15 is 0 Å². The van der Waals surface area contributed by atoms with E-state index in [1.807, 2.05) is 0 Å². The van der Waals surface area contributed by atoms with Crippen LogP contribution in [-0.4, -0.2) is 51.1 Å². The zero-order valence-corrected chi connectivity index (χ0v) is 12.4. The van der Waals surface area contributed by atoms with Crippen molar-refractivity contribution in [1.29, 1.82) is 0 Å². The molecule has 0 aliphatic heterocycles. The average Bonchev–Trinajstić information content (AvgIpc) is 2.88. The monoisotopic (exact) mass is 258 g/mol. The van der Waals surface area contributed by atoms with Crippen LogP contribution in [0.5, 0.6) is 0 Å². The Morgan fingerprint density at radius 3 is 2.28 bits per heavy atom. The SMILES string of the molecule is COC(CC(C)(CN)N(C)CC1CCCC1)OC. The van der Waals surface area contributed by atoms with Gasteiger partial charge < -0.3 is 15.2 Å². The minimum absolute atomic E-state index is 0.0563. The first-order valence-corrected chi connectivity index (χ1v) is 7.02. The fourth-order valence-electron chi connectivity index (χ4n) is 2.82. The smallest absolute Gasteiger partial charge is 0.158 e. The molecule has 1 aliphatic rings. The Morgan fingerprint density at radius 1 is 1.28 bits per heavy atom. The van der Waals surface area contributed by atoms with Gasteiger partial charge in [0.05, 0.1) is 0 Å². The maximum absolute atomic E-state index is 5.99. The highest BCUT2D eigenvalue weighted by Gasteiger charge is 2.33. The molecule has 4 heteroatoms. The van der Waals surface area contributed by atoms with Gasteiger partial charge in [0.25, 0.3) is 0 Å². The van der Waals surface area contributed by atoms with Gasteiger partial charge in [-0.1, -0.05) is 12.8 Å². The van der Waals surface area contributed by atoms with E-state index in [1.165, 1.54) is 25.7 Å². The summed E-state index contributed by atoms with van der Waals surface area (Å²) in [6, 6.07) is 0. The Hall–Kier alpha value is -0.160. The molecule has 1 rings (SSSR count). The molecule has 0 amide bonds. The predicted octanol–water partition coefficient (Wildman–Crippen LogP) is 1.83. The summed E-state index contributed by atoms with van der Waals surface area (Å²) in [6.45, 7) is 3.96. The highest BCUT2D eigenvalue weighted by atomic mass is 16.7. The van der Waals surface area contributed by atoms with Gasteiger partial charge >= 0.3 is 0 Å². The van der Waals surface area contributed by atoms with Gasteiger partial charge in [-0.15, -0.1) is 0 Å². The quantitative estimate of drug-likeness (QED) is 0.675. The molecule has 1 fully saturated rings. The lowest BCUT2D eigenvalue weighted by molar-refractivity contribution is -0.127. The highest BCUT2D eigenvalue weighted by molar-refractivity contribution is 4.88. The summed E-state index contributed by atoms with van der Waals surface area (Å²) in [5, 5.41) is 0. The standard InChI is InChI=1S/C14H30N2O2/c1-14(11-15,9-13(17-3)18-4)16(2)10-12-7-5-6-8-12/h12-13H,5-11,15H2,1-4H3. The topological polar surface area (TPSA) is 47.7 Å². The molecule has 0 aromatic heterocycles. The van der Waals surface area contributed by atoms with E-state index in [2.05, 4.69) is 18.9 Å². The Balaban J connectivity index is 2.54. The number of hydrogen-bond acceptors (Lipinski definition) is 4. The summed E-state index contributed by atoms with van der Waals surface area (Å²) < 4.78 is 10.6. The molecule has 0 spiro atoms. The number of likely N-dealkylation sites (N-methyl/N-ethyl adjacent to an activating group) is 1. The van der Waals surface area contributed by atoms with Crippen LogP contribution in [0.2, 0.25) is 0 Å². The molecule has 0 aromatic carbocycles. The Kier molecular flexibility index (Phi) is 6.57. The summed E-state index contributed by atoms with van der Waals surface area (Å²) >= 11 is 0. The summed E-state index contributed by atoms with van der Waals surface area (Å²) in [4.78, 5) is 2.40. The second-order valence-corrected chi connectivity index (χ2v) is 5.84. The van der Waals surface area contributed by atoms with Crippen LogP contribution in [0.15, 0.2) is 0 Å². The summed E-state index contributed by atoms with van der Waals surface area (Å²) in [7, 11) is 5.54. The molecule has 18 heavy (non-hydrogen) atoms. The number of hydrogen-bond donors (Lipinski definition) is 1. The van der Waals surface area contributed by atoms with Crippen molar-refractivity contribution >= 4 is 0 Å². The maximum atomic E-state index is 5.99. The molecule has 0 bridgehead atoms. The summed E-state index contributed by atoms with van der Waals surface area (Å²) in [5.41, 5.74) is 5.93. The van der Waals surface area contributed by atoms with E-state index in [1.54, 1.807) is 14.2 Å². The first-order valence-electron chi connectivity index (χ1n) is 7.02. The predicted molar refractivity (Wildman–Crippen MR) is 74.5 cm³/mol. The van der Waals surface area contributed by atoms with E-state index in [-0.39, 0.29) is 11.8 Å². The van der Waals surface area contributed by atoms with Gasteiger partial charge in [0.15, 0.2) is 6.29 Å².